The van der Waals surface area contributed by atoms with Crippen LogP contribution in [-0.4, -0.2) is 22.9 Å². The van der Waals surface area contributed by atoms with Crippen molar-refractivity contribution < 1.29 is 14.9 Å². The second kappa shape index (κ2) is 3.97. The van der Waals surface area contributed by atoms with E-state index >= 15 is 0 Å². The highest BCUT2D eigenvalue weighted by atomic mass is 16.6. The number of rotatable bonds is 0. The van der Waals surface area contributed by atoms with Gasteiger partial charge < -0.3 is 14.9 Å². The van der Waals surface area contributed by atoms with Crippen LogP contribution in [-0.2, 0) is 4.74 Å². The van der Waals surface area contributed by atoms with Gasteiger partial charge in [-0.25, -0.2) is 0 Å². The molecule has 1 heterocycles. The van der Waals surface area contributed by atoms with Gasteiger partial charge in [0.15, 0.2) is 0 Å². The Morgan fingerprint density at radius 2 is 1.75 bits per heavy atom. The van der Waals surface area contributed by atoms with Gasteiger partial charge in [0.2, 0.25) is 0 Å². The molecule has 3 nitrogen and oxygen atoms in total. The lowest BCUT2D eigenvalue weighted by Gasteiger charge is -1.89. The number of aromatic hydroxyl groups is 2. The van der Waals surface area contributed by atoms with Gasteiger partial charge in [-0.3, -0.25) is 0 Å². The Labute approximate surface area is 71.2 Å². The summed E-state index contributed by atoms with van der Waals surface area (Å²) in [5.41, 5.74) is 0. The molecule has 1 aliphatic heterocycles. The van der Waals surface area contributed by atoms with Crippen molar-refractivity contribution in [1.29, 1.82) is 0 Å². The van der Waals surface area contributed by atoms with Crippen LogP contribution in [0.25, 0.3) is 0 Å². The normalized spacial score (nSPS) is 19.2. The molecule has 1 atom stereocenters. The third kappa shape index (κ3) is 3.83. The predicted octanol–water partition coefficient (Wildman–Crippen LogP) is 1.50. The first kappa shape index (κ1) is 8.87. The molecule has 0 aliphatic carbocycles. The molecule has 0 spiro atoms. The van der Waals surface area contributed by atoms with Crippen molar-refractivity contribution in [1.82, 2.24) is 0 Å². The zero-order valence-corrected chi connectivity index (χ0v) is 6.90. The molecule has 1 unspecified atom stereocenters. The van der Waals surface area contributed by atoms with E-state index in [0.717, 1.165) is 6.61 Å². The van der Waals surface area contributed by atoms with Crippen LogP contribution in [0, 0.1) is 0 Å². The van der Waals surface area contributed by atoms with Crippen LogP contribution in [0.2, 0.25) is 0 Å². The van der Waals surface area contributed by atoms with Crippen LogP contribution < -0.4 is 0 Å². The maximum atomic E-state index is 8.65. The average molecular weight is 168 g/mol. The summed E-state index contributed by atoms with van der Waals surface area (Å²) >= 11 is 0. The summed E-state index contributed by atoms with van der Waals surface area (Å²) in [7, 11) is 0. The van der Waals surface area contributed by atoms with Crippen LogP contribution in [0.5, 0.6) is 11.5 Å². The molecule has 1 aromatic rings. The summed E-state index contributed by atoms with van der Waals surface area (Å²) in [6.07, 6.45) is 0.583. The van der Waals surface area contributed by atoms with E-state index < -0.39 is 0 Å². The van der Waals surface area contributed by atoms with Gasteiger partial charge in [-0.15, -0.1) is 0 Å². The quantitative estimate of drug-likeness (QED) is 0.577. The van der Waals surface area contributed by atoms with E-state index in [1.54, 1.807) is 6.07 Å². The second-order valence-corrected chi connectivity index (χ2v) is 2.66. The van der Waals surface area contributed by atoms with Crippen molar-refractivity contribution in [2.45, 2.75) is 13.0 Å². The molecule has 1 fully saturated rings. The SMILES string of the molecule is CC1CO1.Oc1cccc(O)c1. The van der Waals surface area contributed by atoms with Crippen molar-refractivity contribution in [2.75, 3.05) is 6.61 Å². The lowest BCUT2D eigenvalue weighted by molar-refractivity contribution is 0.423. The van der Waals surface area contributed by atoms with Gasteiger partial charge in [0, 0.05) is 6.07 Å². The van der Waals surface area contributed by atoms with Gasteiger partial charge in [0.05, 0.1) is 12.7 Å². The molecular weight excluding hydrogens is 156 g/mol. The first-order chi connectivity index (χ1) is 5.68. The number of benzene rings is 1. The fourth-order valence-corrected chi connectivity index (χ4v) is 0.589. The molecule has 2 rings (SSSR count). The summed E-state index contributed by atoms with van der Waals surface area (Å²) in [6, 6.07) is 5.85. The lowest BCUT2D eigenvalue weighted by atomic mass is 10.3. The number of phenolic OH excluding ortho intramolecular Hbond substituents is 2. The molecule has 12 heavy (non-hydrogen) atoms. The third-order valence-electron chi connectivity index (χ3n) is 1.33. The molecule has 0 radical (unpaired) electrons. The Bertz CT molecular complexity index is 226. The molecule has 0 bridgehead atoms. The zero-order valence-electron chi connectivity index (χ0n) is 6.90. The first-order valence-corrected chi connectivity index (χ1v) is 3.78. The molecule has 0 amide bonds. The van der Waals surface area contributed by atoms with Gasteiger partial charge in [-0.05, 0) is 19.1 Å². The minimum Gasteiger partial charge on any atom is -0.508 e. The third-order valence-corrected chi connectivity index (χ3v) is 1.33. The summed E-state index contributed by atoms with van der Waals surface area (Å²) in [5, 5.41) is 17.3. The molecule has 3 heteroatoms. The van der Waals surface area contributed by atoms with Gasteiger partial charge in [0.25, 0.3) is 0 Å². The van der Waals surface area contributed by atoms with E-state index in [1.807, 2.05) is 0 Å². The molecule has 0 aromatic heterocycles. The van der Waals surface area contributed by atoms with Crippen LogP contribution in [0.15, 0.2) is 24.3 Å². The maximum absolute atomic E-state index is 8.65. The molecule has 1 aliphatic rings. The highest BCUT2D eigenvalue weighted by Crippen LogP contribution is 2.14. The van der Waals surface area contributed by atoms with Gasteiger partial charge in [0.1, 0.15) is 11.5 Å². The van der Waals surface area contributed by atoms with Gasteiger partial charge >= 0.3 is 0 Å². The molecular formula is C9H12O3. The van der Waals surface area contributed by atoms with Gasteiger partial charge in [-0.1, -0.05) is 6.07 Å². The topological polar surface area (TPSA) is 53.0 Å². The van der Waals surface area contributed by atoms with Crippen LogP contribution in [0.3, 0.4) is 0 Å². The molecule has 1 saturated heterocycles. The number of epoxide rings is 1. The van der Waals surface area contributed by atoms with Crippen molar-refractivity contribution in [3.05, 3.63) is 24.3 Å². The number of hydrogen-bond acceptors (Lipinski definition) is 3. The summed E-state index contributed by atoms with van der Waals surface area (Å²) in [4.78, 5) is 0. The molecule has 1 aromatic carbocycles. The molecule has 2 N–H and O–H groups in total. The van der Waals surface area contributed by atoms with E-state index in [2.05, 4.69) is 6.92 Å². The number of ether oxygens (including phenoxy) is 1. The first-order valence-electron chi connectivity index (χ1n) is 3.78. The second-order valence-electron chi connectivity index (χ2n) is 2.66. The van der Waals surface area contributed by atoms with Crippen molar-refractivity contribution in [2.24, 2.45) is 0 Å². The minimum atomic E-state index is 0.0880. The van der Waals surface area contributed by atoms with Gasteiger partial charge in [-0.2, -0.15) is 0 Å². The summed E-state index contributed by atoms with van der Waals surface area (Å²) in [5.74, 6) is 0.176. The number of hydrogen-bond donors (Lipinski definition) is 2. The predicted molar refractivity (Wildman–Crippen MR) is 45.2 cm³/mol. The standard InChI is InChI=1S/C6H6O2.C3H6O/c7-5-2-1-3-6(8)4-5;1-3-2-4-3/h1-4,7-8H;3H,2H2,1H3. The lowest BCUT2D eigenvalue weighted by Crippen LogP contribution is -1.61. The Morgan fingerprint density at radius 1 is 1.33 bits per heavy atom. The van der Waals surface area contributed by atoms with Crippen LogP contribution >= 0.6 is 0 Å². The van der Waals surface area contributed by atoms with E-state index in [9.17, 15) is 0 Å². The van der Waals surface area contributed by atoms with Crippen LogP contribution in [0.4, 0.5) is 0 Å². The smallest absolute Gasteiger partial charge is 0.119 e. The minimum absolute atomic E-state index is 0.0880. The maximum Gasteiger partial charge on any atom is 0.119 e. The largest absolute Gasteiger partial charge is 0.508 e. The Kier molecular flexibility index (Phi) is 2.94. The molecule has 66 valence electrons. The number of phenols is 2. The van der Waals surface area contributed by atoms with E-state index in [-0.39, 0.29) is 11.5 Å². The highest BCUT2D eigenvalue weighted by Gasteiger charge is 2.13. The Balaban J connectivity index is 0.000000150. The Morgan fingerprint density at radius 3 is 1.92 bits per heavy atom. The van der Waals surface area contributed by atoms with E-state index in [1.165, 1.54) is 18.2 Å². The van der Waals surface area contributed by atoms with Crippen molar-refractivity contribution >= 4 is 0 Å². The van der Waals surface area contributed by atoms with E-state index in [0.29, 0.717) is 6.10 Å². The van der Waals surface area contributed by atoms with Crippen molar-refractivity contribution in [3.8, 4) is 11.5 Å². The van der Waals surface area contributed by atoms with E-state index in [4.69, 9.17) is 14.9 Å². The van der Waals surface area contributed by atoms with Crippen molar-refractivity contribution in [3.63, 3.8) is 0 Å². The zero-order chi connectivity index (χ0) is 8.97. The fourth-order valence-electron chi connectivity index (χ4n) is 0.589. The molecule has 0 saturated carbocycles. The Hall–Kier alpha value is -1.22. The summed E-state index contributed by atoms with van der Waals surface area (Å²) < 4.78 is 4.71. The summed E-state index contributed by atoms with van der Waals surface area (Å²) in [6.45, 7) is 3.04. The average Bonchev–Trinajstić information content (AvgIpc) is 2.72. The monoisotopic (exact) mass is 168 g/mol. The van der Waals surface area contributed by atoms with Crippen LogP contribution in [0.1, 0.15) is 6.92 Å². The fraction of sp³-hybridized carbons (Fsp3) is 0.333. The highest BCUT2D eigenvalue weighted by molar-refractivity contribution is 5.30.